The molecule has 0 atom stereocenters. The van der Waals surface area contributed by atoms with Gasteiger partial charge in [0.2, 0.25) is 0 Å². The van der Waals surface area contributed by atoms with Crippen LogP contribution in [0.5, 0.6) is 11.5 Å². The fraction of sp³-hybridized carbons (Fsp3) is 0.111. The molecule has 0 aliphatic heterocycles. The maximum atomic E-state index is 12.0. The normalized spacial score (nSPS) is 10.4. The largest absolute Gasteiger partial charge is 0.508 e. The maximum Gasteiger partial charge on any atom is 0.342 e. The molecular formula is C18H16N2O4S. The van der Waals surface area contributed by atoms with E-state index in [0.717, 1.165) is 11.8 Å². The van der Waals surface area contributed by atoms with E-state index >= 15 is 0 Å². The van der Waals surface area contributed by atoms with Gasteiger partial charge < -0.3 is 20.3 Å². The van der Waals surface area contributed by atoms with E-state index in [2.05, 4.69) is 10.3 Å². The molecule has 3 aromatic rings. The lowest BCUT2D eigenvalue weighted by atomic mass is 10.2. The van der Waals surface area contributed by atoms with Crippen LogP contribution in [0.25, 0.3) is 0 Å². The van der Waals surface area contributed by atoms with Crippen molar-refractivity contribution in [3.05, 3.63) is 64.7 Å². The lowest BCUT2D eigenvalue weighted by molar-refractivity contribution is 0.0465. The summed E-state index contributed by atoms with van der Waals surface area (Å²) in [7, 11) is 0. The standard InChI is InChI=1S/C18H16N2O4S/c1-11-2-4-12(5-3-11)19-18-20-13(10-25-18)9-24-17(23)15-7-6-14(21)8-16(15)22/h2-8,10,21-22H,9H2,1H3,(H,19,20). The van der Waals surface area contributed by atoms with E-state index in [1.807, 2.05) is 31.2 Å². The van der Waals surface area contributed by atoms with Crippen molar-refractivity contribution in [1.82, 2.24) is 4.98 Å². The number of aromatic hydroxyl groups is 2. The molecule has 128 valence electrons. The number of ether oxygens (including phenoxy) is 1. The number of benzene rings is 2. The van der Waals surface area contributed by atoms with Crippen molar-refractivity contribution in [3.8, 4) is 11.5 Å². The summed E-state index contributed by atoms with van der Waals surface area (Å²) in [6.07, 6.45) is 0. The smallest absolute Gasteiger partial charge is 0.342 e. The zero-order valence-corrected chi connectivity index (χ0v) is 14.2. The molecule has 0 spiro atoms. The van der Waals surface area contributed by atoms with Gasteiger partial charge in [0.05, 0.1) is 5.69 Å². The van der Waals surface area contributed by atoms with Crippen molar-refractivity contribution in [3.63, 3.8) is 0 Å². The predicted octanol–water partition coefficient (Wildman–Crippen LogP) is 3.96. The van der Waals surface area contributed by atoms with Crippen molar-refractivity contribution >= 4 is 28.1 Å². The van der Waals surface area contributed by atoms with Crippen LogP contribution in [0.4, 0.5) is 10.8 Å². The van der Waals surface area contributed by atoms with Gasteiger partial charge in [0.25, 0.3) is 0 Å². The number of nitrogens with one attached hydrogen (secondary N) is 1. The number of anilines is 2. The highest BCUT2D eigenvalue weighted by molar-refractivity contribution is 7.13. The number of nitrogens with zero attached hydrogens (tertiary/aromatic N) is 1. The molecular weight excluding hydrogens is 340 g/mol. The van der Waals surface area contributed by atoms with Gasteiger partial charge in [-0.3, -0.25) is 0 Å². The number of hydrogen-bond donors (Lipinski definition) is 3. The Labute approximate surface area is 148 Å². The van der Waals surface area contributed by atoms with E-state index in [9.17, 15) is 15.0 Å². The first-order chi connectivity index (χ1) is 12.0. The lowest BCUT2D eigenvalue weighted by Gasteiger charge is -2.05. The molecule has 0 amide bonds. The minimum atomic E-state index is -0.682. The Hall–Kier alpha value is -3.06. The SMILES string of the molecule is Cc1ccc(Nc2nc(COC(=O)c3ccc(O)cc3O)cs2)cc1. The molecule has 3 N–H and O–H groups in total. The van der Waals surface area contributed by atoms with Crippen molar-refractivity contribution in [1.29, 1.82) is 0 Å². The van der Waals surface area contributed by atoms with Crippen molar-refractivity contribution in [2.45, 2.75) is 13.5 Å². The Kier molecular flexibility index (Phi) is 4.85. The summed E-state index contributed by atoms with van der Waals surface area (Å²) in [6, 6.07) is 11.6. The summed E-state index contributed by atoms with van der Waals surface area (Å²) in [6.45, 7) is 2.01. The molecule has 0 saturated heterocycles. The van der Waals surface area contributed by atoms with Crippen LogP contribution in [0.15, 0.2) is 47.8 Å². The molecule has 25 heavy (non-hydrogen) atoms. The summed E-state index contributed by atoms with van der Waals surface area (Å²) in [5, 5.41) is 24.6. The van der Waals surface area contributed by atoms with Crippen molar-refractivity contribution < 1.29 is 19.7 Å². The van der Waals surface area contributed by atoms with Crippen LogP contribution in [0, 0.1) is 6.92 Å². The number of carbonyl (C=O) groups is 1. The van der Waals surface area contributed by atoms with Crippen LogP contribution in [0.1, 0.15) is 21.6 Å². The molecule has 0 bridgehead atoms. The van der Waals surface area contributed by atoms with Gasteiger partial charge in [0.1, 0.15) is 23.7 Å². The van der Waals surface area contributed by atoms with Gasteiger partial charge in [-0.2, -0.15) is 0 Å². The van der Waals surface area contributed by atoms with Crippen LogP contribution in [-0.4, -0.2) is 21.2 Å². The van der Waals surface area contributed by atoms with Crippen LogP contribution in [0.3, 0.4) is 0 Å². The molecule has 0 unspecified atom stereocenters. The summed E-state index contributed by atoms with van der Waals surface area (Å²) in [5.41, 5.74) is 2.70. The topological polar surface area (TPSA) is 91.7 Å². The Bertz CT molecular complexity index is 890. The Morgan fingerprint density at radius 2 is 1.96 bits per heavy atom. The molecule has 2 aromatic carbocycles. The minimum absolute atomic E-state index is 0.00830. The van der Waals surface area contributed by atoms with Crippen LogP contribution in [0.2, 0.25) is 0 Å². The third-order valence-corrected chi connectivity index (χ3v) is 4.21. The zero-order chi connectivity index (χ0) is 17.8. The lowest BCUT2D eigenvalue weighted by Crippen LogP contribution is -2.05. The molecule has 0 aliphatic carbocycles. The van der Waals surface area contributed by atoms with E-state index in [0.29, 0.717) is 10.8 Å². The fourth-order valence-electron chi connectivity index (χ4n) is 2.10. The monoisotopic (exact) mass is 356 g/mol. The highest BCUT2D eigenvalue weighted by Gasteiger charge is 2.14. The summed E-state index contributed by atoms with van der Waals surface area (Å²) in [5.74, 6) is -1.14. The number of aromatic nitrogens is 1. The van der Waals surface area contributed by atoms with E-state index < -0.39 is 5.97 Å². The van der Waals surface area contributed by atoms with Crippen LogP contribution < -0.4 is 5.32 Å². The van der Waals surface area contributed by atoms with Gasteiger partial charge in [-0.15, -0.1) is 11.3 Å². The fourth-order valence-corrected chi connectivity index (χ4v) is 2.82. The second-order valence-corrected chi connectivity index (χ2v) is 6.27. The van der Waals surface area contributed by atoms with E-state index in [1.165, 1.54) is 29.0 Å². The van der Waals surface area contributed by atoms with Gasteiger partial charge in [-0.05, 0) is 31.2 Å². The van der Waals surface area contributed by atoms with Crippen molar-refractivity contribution in [2.24, 2.45) is 0 Å². The third kappa shape index (κ3) is 4.27. The molecule has 3 rings (SSSR count). The first-order valence-electron chi connectivity index (χ1n) is 7.48. The van der Waals surface area contributed by atoms with Crippen LogP contribution in [-0.2, 0) is 11.3 Å². The van der Waals surface area contributed by atoms with E-state index in [-0.39, 0.29) is 23.7 Å². The molecule has 1 aromatic heterocycles. The number of phenolic OH excluding ortho intramolecular Hbond substituents is 2. The first-order valence-corrected chi connectivity index (χ1v) is 8.36. The average molecular weight is 356 g/mol. The minimum Gasteiger partial charge on any atom is -0.508 e. The molecule has 0 saturated carbocycles. The maximum absolute atomic E-state index is 12.0. The summed E-state index contributed by atoms with van der Waals surface area (Å²) >= 11 is 1.41. The van der Waals surface area contributed by atoms with E-state index in [4.69, 9.17) is 4.74 Å². The predicted molar refractivity (Wildman–Crippen MR) is 95.5 cm³/mol. The molecule has 0 fully saturated rings. The van der Waals surface area contributed by atoms with Gasteiger partial charge in [0, 0.05) is 17.1 Å². The Morgan fingerprint density at radius 1 is 1.20 bits per heavy atom. The Morgan fingerprint density at radius 3 is 2.68 bits per heavy atom. The molecule has 0 aliphatic rings. The molecule has 1 heterocycles. The first kappa shape index (κ1) is 16.8. The molecule has 0 radical (unpaired) electrons. The number of thiazole rings is 1. The zero-order valence-electron chi connectivity index (χ0n) is 13.4. The number of carbonyl (C=O) groups excluding carboxylic acids is 1. The molecule has 7 heteroatoms. The highest BCUT2D eigenvalue weighted by atomic mass is 32.1. The number of rotatable bonds is 5. The van der Waals surface area contributed by atoms with Gasteiger partial charge in [-0.1, -0.05) is 17.7 Å². The number of aryl methyl sites for hydroxylation is 1. The second kappa shape index (κ2) is 7.23. The van der Waals surface area contributed by atoms with Gasteiger partial charge in [0.15, 0.2) is 5.13 Å². The second-order valence-electron chi connectivity index (χ2n) is 5.41. The van der Waals surface area contributed by atoms with E-state index in [1.54, 1.807) is 5.38 Å². The number of esters is 1. The number of hydrogen-bond acceptors (Lipinski definition) is 7. The average Bonchev–Trinajstić information content (AvgIpc) is 3.02. The third-order valence-electron chi connectivity index (χ3n) is 3.41. The van der Waals surface area contributed by atoms with Crippen molar-refractivity contribution in [2.75, 3.05) is 5.32 Å². The highest BCUT2D eigenvalue weighted by Crippen LogP contribution is 2.24. The summed E-state index contributed by atoms with van der Waals surface area (Å²) in [4.78, 5) is 16.3. The summed E-state index contributed by atoms with van der Waals surface area (Å²) < 4.78 is 5.15. The molecule has 6 nitrogen and oxygen atoms in total. The van der Waals surface area contributed by atoms with Gasteiger partial charge >= 0.3 is 5.97 Å². The Balaban J connectivity index is 1.59. The number of phenols is 2. The quantitative estimate of drug-likeness (QED) is 0.599. The van der Waals surface area contributed by atoms with Gasteiger partial charge in [-0.25, -0.2) is 9.78 Å². The van der Waals surface area contributed by atoms with Crippen LogP contribution >= 0.6 is 11.3 Å².